The minimum absolute atomic E-state index is 0.00477. The number of hydrogen-bond donors (Lipinski definition) is 2. The quantitative estimate of drug-likeness (QED) is 0.637. The molecule has 0 radical (unpaired) electrons. The molecule has 1 aromatic heterocycles. The number of nitrogens with zero attached hydrogens (tertiary/aromatic N) is 2. The summed E-state index contributed by atoms with van der Waals surface area (Å²) in [5.41, 5.74) is 7.57. The van der Waals surface area contributed by atoms with Crippen molar-refractivity contribution in [3.8, 4) is 0 Å². The van der Waals surface area contributed by atoms with Gasteiger partial charge in [-0.05, 0) is 24.5 Å². The molecular weight excluding hydrogens is 224 g/mol. The molecule has 0 aliphatic rings. The molecule has 18 heavy (non-hydrogen) atoms. The molecule has 0 bridgehead atoms. The molecule has 1 aromatic carbocycles. The summed E-state index contributed by atoms with van der Waals surface area (Å²) in [5.74, 6) is 5.75. The molecule has 4 heteroatoms. The maximum absolute atomic E-state index is 5.75. The molecule has 1 atom stereocenters. The predicted molar refractivity (Wildman–Crippen MR) is 72.9 cm³/mol. The van der Waals surface area contributed by atoms with Crippen molar-refractivity contribution in [3.05, 3.63) is 52.8 Å². The third-order valence-corrected chi connectivity index (χ3v) is 3.25. The van der Waals surface area contributed by atoms with Crippen LogP contribution in [0.5, 0.6) is 0 Å². The summed E-state index contributed by atoms with van der Waals surface area (Å²) in [5, 5.41) is 4.47. The largest absolute Gasteiger partial charge is 0.275 e. The molecule has 0 amide bonds. The molecule has 1 heterocycles. The van der Waals surface area contributed by atoms with Gasteiger partial charge in [-0.15, -0.1) is 0 Å². The Bertz CT molecular complexity index is 530. The van der Waals surface area contributed by atoms with Crippen molar-refractivity contribution in [1.29, 1.82) is 0 Å². The van der Waals surface area contributed by atoms with Crippen molar-refractivity contribution >= 4 is 0 Å². The molecule has 3 N–H and O–H groups in total. The van der Waals surface area contributed by atoms with Crippen molar-refractivity contribution < 1.29 is 0 Å². The summed E-state index contributed by atoms with van der Waals surface area (Å²) < 4.78 is 1.84. The van der Waals surface area contributed by atoms with Gasteiger partial charge in [-0.25, -0.2) is 5.43 Å². The summed E-state index contributed by atoms with van der Waals surface area (Å²) in [7, 11) is 1.94. The smallest absolute Gasteiger partial charge is 0.0746 e. The van der Waals surface area contributed by atoms with Crippen molar-refractivity contribution in [2.24, 2.45) is 12.9 Å². The maximum atomic E-state index is 5.75. The van der Waals surface area contributed by atoms with Gasteiger partial charge in [-0.3, -0.25) is 10.5 Å². The molecule has 1 unspecified atom stereocenters. The van der Waals surface area contributed by atoms with E-state index in [1.807, 2.05) is 30.1 Å². The van der Waals surface area contributed by atoms with Crippen LogP contribution in [0.2, 0.25) is 0 Å². The van der Waals surface area contributed by atoms with Crippen molar-refractivity contribution in [1.82, 2.24) is 15.2 Å². The third-order valence-electron chi connectivity index (χ3n) is 3.25. The molecule has 4 nitrogen and oxygen atoms in total. The summed E-state index contributed by atoms with van der Waals surface area (Å²) in [6.45, 7) is 4.21. The Morgan fingerprint density at radius 3 is 2.67 bits per heavy atom. The van der Waals surface area contributed by atoms with E-state index in [4.69, 9.17) is 5.84 Å². The molecule has 2 aromatic rings. The van der Waals surface area contributed by atoms with Gasteiger partial charge < -0.3 is 0 Å². The highest BCUT2D eigenvalue weighted by Gasteiger charge is 2.19. The van der Waals surface area contributed by atoms with Crippen LogP contribution in [0.1, 0.15) is 35.3 Å². The Kier molecular flexibility index (Phi) is 3.79. The lowest BCUT2D eigenvalue weighted by Crippen LogP contribution is -2.29. The molecule has 2 rings (SSSR count). The summed E-state index contributed by atoms with van der Waals surface area (Å²) in [4.78, 5) is 0. The summed E-state index contributed by atoms with van der Waals surface area (Å²) >= 11 is 0. The van der Waals surface area contributed by atoms with E-state index in [1.165, 1.54) is 11.1 Å². The summed E-state index contributed by atoms with van der Waals surface area (Å²) in [6.07, 6.45) is 2.94. The molecule has 0 saturated carbocycles. The van der Waals surface area contributed by atoms with E-state index in [0.717, 1.165) is 17.7 Å². The van der Waals surface area contributed by atoms with E-state index in [1.54, 1.807) is 0 Å². The Labute approximate surface area is 108 Å². The monoisotopic (exact) mass is 244 g/mol. The first-order chi connectivity index (χ1) is 8.67. The zero-order chi connectivity index (χ0) is 13.1. The lowest BCUT2D eigenvalue weighted by molar-refractivity contribution is 0.628. The topological polar surface area (TPSA) is 55.9 Å². The molecule has 0 aliphatic heterocycles. The van der Waals surface area contributed by atoms with Gasteiger partial charge in [-0.2, -0.15) is 5.10 Å². The Hall–Kier alpha value is -1.65. The van der Waals surface area contributed by atoms with Gasteiger partial charge in [0.25, 0.3) is 0 Å². The highest BCUT2D eigenvalue weighted by Crippen LogP contribution is 2.26. The van der Waals surface area contributed by atoms with Crippen LogP contribution in [0.3, 0.4) is 0 Å². The highest BCUT2D eigenvalue weighted by molar-refractivity contribution is 5.37. The van der Waals surface area contributed by atoms with Crippen molar-refractivity contribution in [3.63, 3.8) is 0 Å². The van der Waals surface area contributed by atoms with Crippen LogP contribution in [0.25, 0.3) is 0 Å². The first kappa shape index (κ1) is 12.8. The maximum Gasteiger partial charge on any atom is 0.0746 e. The molecule has 0 aliphatic carbocycles. The normalized spacial score (nSPS) is 12.7. The number of benzene rings is 1. The van der Waals surface area contributed by atoms with E-state index < -0.39 is 0 Å². The zero-order valence-corrected chi connectivity index (χ0v) is 11.1. The van der Waals surface area contributed by atoms with E-state index in [2.05, 4.69) is 36.5 Å². The predicted octanol–water partition coefficient (Wildman–Crippen LogP) is 1.84. The van der Waals surface area contributed by atoms with Gasteiger partial charge in [0.05, 0.1) is 11.7 Å². The van der Waals surface area contributed by atoms with Gasteiger partial charge >= 0.3 is 0 Å². The van der Waals surface area contributed by atoms with E-state index in [0.29, 0.717) is 0 Å². The number of nitrogens with one attached hydrogen (secondary N) is 1. The minimum Gasteiger partial charge on any atom is -0.275 e. The van der Waals surface area contributed by atoms with Crippen molar-refractivity contribution in [2.45, 2.75) is 26.3 Å². The first-order valence-corrected chi connectivity index (χ1v) is 6.21. The SMILES string of the molecule is CCc1nn(C)cc1C(NN)c1ccccc1C. The lowest BCUT2D eigenvalue weighted by atomic mass is 9.95. The summed E-state index contributed by atoms with van der Waals surface area (Å²) in [6, 6.07) is 8.27. The van der Waals surface area contributed by atoms with E-state index in [-0.39, 0.29) is 6.04 Å². The standard InChI is InChI=1S/C14H20N4/c1-4-13-12(9-18(3)17-13)14(16-15)11-8-6-5-7-10(11)2/h5-9,14,16H,4,15H2,1-3H3. The molecule has 0 spiro atoms. The van der Waals surface area contributed by atoms with Gasteiger partial charge in [0.15, 0.2) is 0 Å². The van der Waals surface area contributed by atoms with Gasteiger partial charge in [0, 0.05) is 18.8 Å². The van der Waals surface area contributed by atoms with Crippen LogP contribution in [-0.2, 0) is 13.5 Å². The number of hydrogen-bond acceptors (Lipinski definition) is 3. The molecule has 0 fully saturated rings. The first-order valence-electron chi connectivity index (χ1n) is 6.21. The Balaban J connectivity index is 2.48. The number of nitrogens with two attached hydrogens (primary N) is 1. The average Bonchev–Trinajstić information content (AvgIpc) is 2.74. The van der Waals surface area contributed by atoms with Crippen LogP contribution in [0, 0.1) is 6.92 Å². The fourth-order valence-electron chi connectivity index (χ4n) is 2.33. The fourth-order valence-corrected chi connectivity index (χ4v) is 2.33. The molecule has 96 valence electrons. The Morgan fingerprint density at radius 1 is 1.33 bits per heavy atom. The van der Waals surface area contributed by atoms with Crippen LogP contribution >= 0.6 is 0 Å². The third kappa shape index (κ3) is 2.30. The van der Waals surface area contributed by atoms with E-state index in [9.17, 15) is 0 Å². The Morgan fingerprint density at radius 2 is 2.06 bits per heavy atom. The van der Waals surface area contributed by atoms with Crippen molar-refractivity contribution in [2.75, 3.05) is 0 Å². The second kappa shape index (κ2) is 5.33. The highest BCUT2D eigenvalue weighted by atomic mass is 15.3. The van der Waals surface area contributed by atoms with Crippen LogP contribution in [0.4, 0.5) is 0 Å². The van der Waals surface area contributed by atoms with Gasteiger partial charge in [-0.1, -0.05) is 31.2 Å². The zero-order valence-electron chi connectivity index (χ0n) is 11.1. The number of rotatable bonds is 4. The van der Waals surface area contributed by atoms with Gasteiger partial charge in [0.2, 0.25) is 0 Å². The number of aromatic nitrogens is 2. The second-order valence-electron chi connectivity index (χ2n) is 4.51. The molecule has 0 saturated heterocycles. The molecular formula is C14H20N4. The second-order valence-corrected chi connectivity index (χ2v) is 4.51. The van der Waals surface area contributed by atoms with Crippen LogP contribution < -0.4 is 11.3 Å². The van der Waals surface area contributed by atoms with Crippen LogP contribution in [-0.4, -0.2) is 9.78 Å². The number of aryl methyl sites for hydroxylation is 3. The average molecular weight is 244 g/mol. The fraction of sp³-hybridized carbons (Fsp3) is 0.357. The van der Waals surface area contributed by atoms with E-state index >= 15 is 0 Å². The minimum atomic E-state index is -0.00477. The van der Waals surface area contributed by atoms with Gasteiger partial charge in [0.1, 0.15) is 0 Å². The number of hydrazine groups is 1. The lowest BCUT2D eigenvalue weighted by Gasteiger charge is -2.18. The van der Waals surface area contributed by atoms with Crippen LogP contribution in [0.15, 0.2) is 30.5 Å².